The molecule has 2 aliphatic rings. The zero-order chi connectivity index (χ0) is 14.0. The highest BCUT2D eigenvalue weighted by Gasteiger charge is 2.36. The minimum absolute atomic E-state index is 0.367. The van der Waals surface area contributed by atoms with Crippen LogP contribution in [0, 0.1) is 0 Å². The van der Waals surface area contributed by atoms with Crippen LogP contribution in [-0.4, -0.2) is 36.1 Å². The van der Waals surface area contributed by atoms with Gasteiger partial charge in [0.25, 0.3) is 0 Å². The number of hydrogen-bond acceptors (Lipinski definition) is 3. The van der Waals surface area contributed by atoms with E-state index in [0.29, 0.717) is 11.6 Å². The summed E-state index contributed by atoms with van der Waals surface area (Å²) in [7, 11) is 4.47. The van der Waals surface area contributed by atoms with Crippen molar-refractivity contribution in [1.29, 1.82) is 0 Å². The molecule has 0 radical (unpaired) electrons. The Kier molecular flexibility index (Phi) is 4.08. The second kappa shape index (κ2) is 5.82. The van der Waals surface area contributed by atoms with Crippen LogP contribution >= 0.6 is 0 Å². The average molecular weight is 273 g/mol. The van der Waals surface area contributed by atoms with Crippen LogP contribution in [0.3, 0.4) is 0 Å². The Balaban J connectivity index is 1.70. The van der Waals surface area contributed by atoms with Gasteiger partial charge in [0.05, 0.1) is 5.69 Å². The molecule has 0 amide bonds. The van der Waals surface area contributed by atoms with Crippen molar-refractivity contribution >= 4 is 0 Å². The fraction of sp³-hybridized carbons (Fsp3) is 0.706. The Morgan fingerprint density at radius 1 is 1.30 bits per heavy atom. The molecule has 0 aliphatic heterocycles. The molecule has 0 spiro atoms. The molecule has 3 heteroatoms. The summed E-state index contributed by atoms with van der Waals surface area (Å²) in [6.07, 6.45) is 11.1. The summed E-state index contributed by atoms with van der Waals surface area (Å²) in [4.78, 5) is 7.08. The Bertz CT molecular complexity index is 449. The molecule has 0 aromatic carbocycles. The van der Waals surface area contributed by atoms with Crippen LogP contribution in [-0.2, 0) is 6.42 Å². The van der Waals surface area contributed by atoms with E-state index in [1.165, 1.54) is 56.2 Å². The molecular weight excluding hydrogens is 246 g/mol. The van der Waals surface area contributed by atoms with Gasteiger partial charge in [0.1, 0.15) is 0 Å². The van der Waals surface area contributed by atoms with Gasteiger partial charge in [-0.2, -0.15) is 0 Å². The third-order valence-electron chi connectivity index (χ3n) is 5.36. The predicted octanol–water partition coefficient (Wildman–Crippen LogP) is 2.92. The number of rotatable bonds is 4. The van der Waals surface area contributed by atoms with Crippen molar-refractivity contribution in [2.45, 2.75) is 56.5 Å². The number of likely N-dealkylation sites (N-methyl/N-ethyl adjacent to an activating group) is 1. The first-order chi connectivity index (χ1) is 9.71. The molecular formula is C17H27N3. The number of hydrogen-bond donors (Lipinski definition) is 1. The molecule has 1 aromatic heterocycles. The molecule has 110 valence electrons. The van der Waals surface area contributed by atoms with Crippen molar-refractivity contribution in [1.82, 2.24) is 15.2 Å². The van der Waals surface area contributed by atoms with E-state index in [4.69, 9.17) is 0 Å². The number of pyridine rings is 1. The minimum atomic E-state index is 0.367. The first kappa shape index (κ1) is 14.0. The first-order valence-corrected chi connectivity index (χ1v) is 8.06. The van der Waals surface area contributed by atoms with Gasteiger partial charge in [-0.05, 0) is 57.8 Å². The van der Waals surface area contributed by atoms with Crippen LogP contribution in [0.2, 0.25) is 0 Å². The second-order valence-corrected chi connectivity index (χ2v) is 6.70. The summed E-state index contributed by atoms with van der Waals surface area (Å²) in [5.41, 5.74) is 3.11. The zero-order valence-corrected chi connectivity index (χ0v) is 12.9. The molecule has 1 unspecified atom stereocenters. The van der Waals surface area contributed by atoms with Crippen molar-refractivity contribution < 1.29 is 0 Å². The van der Waals surface area contributed by atoms with Gasteiger partial charge >= 0.3 is 0 Å². The fourth-order valence-electron chi connectivity index (χ4n) is 3.94. The molecule has 1 aromatic rings. The van der Waals surface area contributed by atoms with Crippen LogP contribution in [0.1, 0.15) is 55.8 Å². The smallest absolute Gasteiger partial charge is 0.0605 e. The van der Waals surface area contributed by atoms with E-state index < -0.39 is 0 Å². The summed E-state index contributed by atoms with van der Waals surface area (Å²) in [5.74, 6) is 0. The SMILES string of the molecule is CN(C)C1(CNC2CCCc3cccnc32)CCCC1. The van der Waals surface area contributed by atoms with E-state index in [-0.39, 0.29) is 0 Å². The van der Waals surface area contributed by atoms with Crippen molar-refractivity contribution in [3.63, 3.8) is 0 Å². The van der Waals surface area contributed by atoms with Crippen LogP contribution in [0.15, 0.2) is 18.3 Å². The minimum Gasteiger partial charge on any atom is -0.307 e. The Morgan fingerprint density at radius 2 is 2.10 bits per heavy atom. The second-order valence-electron chi connectivity index (χ2n) is 6.70. The van der Waals surface area contributed by atoms with Crippen LogP contribution in [0.4, 0.5) is 0 Å². The summed E-state index contributed by atoms with van der Waals surface area (Å²) >= 11 is 0. The number of nitrogens with zero attached hydrogens (tertiary/aromatic N) is 2. The molecule has 1 heterocycles. The standard InChI is InChI=1S/C17H27N3/c1-20(2)17(10-3-4-11-17)13-19-15-9-5-7-14-8-6-12-18-16(14)15/h6,8,12,15,19H,3-5,7,9-11,13H2,1-2H3. The zero-order valence-electron chi connectivity index (χ0n) is 12.9. The maximum Gasteiger partial charge on any atom is 0.0605 e. The number of aryl methyl sites for hydroxylation is 1. The molecule has 0 saturated heterocycles. The van der Waals surface area contributed by atoms with Gasteiger partial charge in [-0.15, -0.1) is 0 Å². The lowest BCUT2D eigenvalue weighted by Gasteiger charge is -2.38. The highest BCUT2D eigenvalue weighted by atomic mass is 15.2. The summed E-state index contributed by atoms with van der Waals surface area (Å²) < 4.78 is 0. The van der Waals surface area contributed by atoms with E-state index in [9.17, 15) is 0 Å². The lowest BCUT2D eigenvalue weighted by Crippen LogP contribution is -2.50. The lowest BCUT2D eigenvalue weighted by molar-refractivity contribution is 0.147. The van der Waals surface area contributed by atoms with E-state index >= 15 is 0 Å². The Hall–Kier alpha value is -0.930. The quantitative estimate of drug-likeness (QED) is 0.914. The third kappa shape index (κ3) is 2.61. The molecule has 1 N–H and O–H groups in total. The fourth-order valence-corrected chi connectivity index (χ4v) is 3.94. The van der Waals surface area contributed by atoms with Crippen LogP contribution in [0.25, 0.3) is 0 Å². The monoisotopic (exact) mass is 273 g/mol. The third-order valence-corrected chi connectivity index (χ3v) is 5.36. The first-order valence-electron chi connectivity index (χ1n) is 8.06. The van der Waals surface area contributed by atoms with Gasteiger partial charge < -0.3 is 10.2 Å². The van der Waals surface area contributed by atoms with Crippen LogP contribution < -0.4 is 5.32 Å². The largest absolute Gasteiger partial charge is 0.307 e. The normalized spacial score (nSPS) is 24.9. The molecule has 1 fully saturated rings. The maximum absolute atomic E-state index is 4.64. The van der Waals surface area contributed by atoms with Gasteiger partial charge in [-0.25, -0.2) is 0 Å². The Labute approximate surface area is 122 Å². The van der Waals surface area contributed by atoms with Gasteiger partial charge in [0.2, 0.25) is 0 Å². The molecule has 0 bridgehead atoms. The highest BCUT2D eigenvalue weighted by Crippen LogP contribution is 2.35. The number of fused-ring (bicyclic) bond motifs is 1. The summed E-state index contributed by atoms with van der Waals surface area (Å²) in [6, 6.07) is 4.77. The number of aromatic nitrogens is 1. The summed E-state index contributed by atoms with van der Waals surface area (Å²) in [5, 5.41) is 3.84. The van der Waals surface area contributed by atoms with Crippen molar-refractivity contribution in [2.75, 3.05) is 20.6 Å². The van der Waals surface area contributed by atoms with E-state index in [1.54, 1.807) is 0 Å². The maximum atomic E-state index is 4.64. The molecule has 1 saturated carbocycles. The number of nitrogens with one attached hydrogen (secondary N) is 1. The van der Waals surface area contributed by atoms with Crippen LogP contribution in [0.5, 0.6) is 0 Å². The molecule has 2 aliphatic carbocycles. The van der Waals surface area contributed by atoms with E-state index in [2.05, 4.69) is 41.4 Å². The molecule has 1 atom stereocenters. The van der Waals surface area contributed by atoms with E-state index in [1.807, 2.05) is 6.20 Å². The average Bonchev–Trinajstić information content (AvgIpc) is 2.95. The Morgan fingerprint density at radius 3 is 2.85 bits per heavy atom. The van der Waals surface area contributed by atoms with Gasteiger partial charge in [0, 0.05) is 24.3 Å². The predicted molar refractivity (Wildman–Crippen MR) is 82.8 cm³/mol. The van der Waals surface area contributed by atoms with E-state index in [0.717, 1.165) is 6.54 Å². The lowest BCUT2D eigenvalue weighted by atomic mass is 9.90. The molecule has 3 nitrogen and oxygen atoms in total. The van der Waals surface area contributed by atoms with Gasteiger partial charge in [0.15, 0.2) is 0 Å². The van der Waals surface area contributed by atoms with Gasteiger partial charge in [-0.3, -0.25) is 4.98 Å². The highest BCUT2D eigenvalue weighted by molar-refractivity contribution is 5.25. The summed E-state index contributed by atoms with van der Waals surface area (Å²) in [6.45, 7) is 1.10. The topological polar surface area (TPSA) is 28.2 Å². The van der Waals surface area contributed by atoms with Crippen molar-refractivity contribution in [3.05, 3.63) is 29.6 Å². The molecule has 20 heavy (non-hydrogen) atoms. The van der Waals surface area contributed by atoms with Gasteiger partial charge in [-0.1, -0.05) is 18.9 Å². The molecule has 3 rings (SSSR count). The van der Waals surface area contributed by atoms with Crippen molar-refractivity contribution in [3.8, 4) is 0 Å². The van der Waals surface area contributed by atoms with Crippen molar-refractivity contribution in [2.24, 2.45) is 0 Å².